The van der Waals surface area contributed by atoms with Crippen LogP contribution in [0.3, 0.4) is 0 Å². The van der Waals surface area contributed by atoms with Gasteiger partial charge in [0, 0.05) is 6.07 Å². The number of oxime groups is 1. The van der Waals surface area contributed by atoms with Crippen molar-refractivity contribution in [2.45, 2.75) is 32.9 Å². The molecular formula is C12H17N2O3+. The SMILES string of the molecule is CC(C)(C)OC(=O)C[n+]1cccc(C=NO)c1. The fraction of sp³-hybridized carbons (Fsp3) is 0.417. The molecule has 0 aliphatic rings. The molecule has 0 aliphatic carbocycles. The van der Waals surface area contributed by atoms with Gasteiger partial charge in [-0.15, -0.1) is 0 Å². The van der Waals surface area contributed by atoms with Crippen LogP contribution in [0, 0.1) is 0 Å². The molecule has 0 amide bonds. The number of ether oxygens (including phenoxy) is 1. The second kappa shape index (κ2) is 5.43. The van der Waals surface area contributed by atoms with Gasteiger partial charge in [0.25, 0.3) is 0 Å². The maximum absolute atomic E-state index is 11.6. The van der Waals surface area contributed by atoms with Gasteiger partial charge < -0.3 is 9.94 Å². The van der Waals surface area contributed by atoms with Crippen LogP contribution >= 0.6 is 0 Å². The Hall–Kier alpha value is -1.91. The van der Waals surface area contributed by atoms with E-state index >= 15 is 0 Å². The zero-order valence-electron chi connectivity index (χ0n) is 10.3. The number of carbonyl (C=O) groups is 1. The number of nitrogens with zero attached hydrogens (tertiary/aromatic N) is 2. The Kier molecular flexibility index (Phi) is 4.20. The summed E-state index contributed by atoms with van der Waals surface area (Å²) < 4.78 is 6.87. The summed E-state index contributed by atoms with van der Waals surface area (Å²) in [6, 6.07) is 3.53. The average Bonchev–Trinajstić information content (AvgIpc) is 2.15. The van der Waals surface area contributed by atoms with Crippen molar-refractivity contribution >= 4 is 12.2 Å². The van der Waals surface area contributed by atoms with Crippen LogP contribution in [0.2, 0.25) is 0 Å². The average molecular weight is 237 g/mol. The summed E-state index contributed by atoms with van der Waals surface area (Å²) >= 11 is 0. The quantitative estimate of drug-likeness (QED) is 0.282. The summed E-state index contributed by atoms with van der Waals surface area (Å²) in [5.74, 6) is -0.305. The second-order valence-electron chi connectivity index (χ2n) is 4.64. The maximum Gasteiger partial charge on any atom is 0.373 e. The lowest BCUT2D eigenvalue weighted by atomic mass is 10.2. The highest BCUT2D eigenvalue weighted by Crippen LogP contribution is 2.06. The summed E-state index contributed by atoms with van der Waals surface area (Å²) in [5, 5.41) is 11.3. The van der Waals surface area contributed by atoms with E-state index in [-0.39, 0.29) is 12.5 Å². The first kappa shape index (κ1) is 13.2. The predicted molar refractivity (Wildman–Crippen MR) is 61.9 cm³/mol. The van der Waals surface area contributed by atoms with Crippen LogP contribution in [0.4, 0.5) is 0 Å². The van der Waals surface area contributed by atoms with E-state index in [0.29, 0.717) is 5.56 Å². The summed E-state index contributed by atoms with van der Waals surface area (Å²) in [6.45, 7) is 5.60. The molecule has 17 heavy (non-hydrogen) atoms. The van der Waals surface area contributed by atoms with Gasteiger partial charge in [-0.3, -0.25) is 0 Å². The Morgan fingerprint density at radius 1 is 1.59 bits per heavy atom. The minimum absolute atomic E-state index is 0.129. The number of aromatic nitrogens is 1. The van der Waals surface area contributed by atoms with Crippen molar-refractivity contribution in [3.63, 3.8) is 0 Å². The van der Waals surface area contributed by atoms with Gasteiger partial charge in [0.05, 0.1) is 11.8 Å². The third kappa shape index (κ3) is 5.10. The first-order chi connectivity index (χ1) is 7.90. The molecule has 5 heteroatoms. The minimum Gasteiger partial charge on any atom is -0.455 e. The summed E-state index contributed by atoms with van der Waals surface area (Å²) in [5.41, 5.74) is 0.223. The fourth-order valence-electron chi connectivity index (χ4n) is 1.31. The van der Waals surface area contributed by atoms with Crippen molar-refractivity contribution in [3.8, 4) is 0 Å². The molecular weight excluding hydrogens is 220 g/mol. The Labute approximate surface area is 100 Å². The molecule has 92 valence electrons. The summed E-state index contributed by atoms with van der Waals surface area (Å²) in [6.07, 6.45) is 4.74. The number of pyridine rings is 1. The monoisotopic (exact) mass is 237 g/mol. The van der Waals surface area contributed by atoms with Gasteiger partial charge in [-0.05, 0) is 26.8 Å². The largest absolute Gasteiger partial charge is 0.455 e. The molecule has 0 aromatic carbocycles. The lowest BCUT2D eigenvalue weighted by molar-refractivity contribution is -0.686. The molecule has 0 aliphatic heterocycles. The van der Waals surface area contributed by atoms with Crippen LogP contribution in [0.5, 0.6) is 0 Å². The Bertz CT molecular complexity index is 422. The number of esters is 1. The summed E-state index contributed by atoms with van der Waals surface area (Å²) in [4.78, 5) is 11.6. The molecule has 0 bridgehead atoms. The number of rotatable bonds is 3. The highest BCUT2D eigenvalue weighted by atomic mass is 16.6. The highest BCUT2D eigenvalue weighted by molar-refractivity contribution is 5.77. The zero-order chi connectivity index (χ0) is 12.9. The lowest BCUT2D eigenvalue weighted by Crippen LogP contribution is -2.40. The van der Waals surface area contributed by atoms with Crippen LogP contribution < -0.4 is 4.57 Å². The van der Waals surface area contributed by atoms with E-state index in [2.05, 4.69) is 5.16 Å². The molecule has 5 nitrogen and oxygen atoms in total. The van der Waals surface area contributed by atoms with Gasteiger partial charge >= 0.3 is 5.97 Å². The molecule has 1 rings (SSSR count). The van der Waals surface area contributed by atoms with E-state index in [1.807, 2.05) is 20.8 Å². The zero-order valence-corrected chi connectivity index (χ0v) is 10.3. The molecule has 0 radical (unpaired) electrons. The van der Waals surface area contributed by atoms with E-state index < -0.39 is 5.60 Å². The lowest BCUT2D eigenvalue weighted by Gasteiger charge is -2.18. The minimum atomic E-state index is -0.484. The van der Waals surface area contributed by atoms with Crippen LogP contribution in [0.1, 0.15) is 26.3 Å². The van der Waals surface area contributed by atoms with E-state index in [0.717, 1.165) is 0 Å². The van der Waals surface area contributed by atoms with Gasteiger partial charge in [-0.25, -0.2) is 4.79 Å². The van der Waals surface area contributed by atoms with Crippen LogP contribution in [-0.2, 0) is 16.1 Å². The summed E-state index contributed by atoms with van der Waals surface area (Å²) in [7, 11) is 0. The van der Waals surface area contributed by atoms with Crippen molar-refractivity contribution in [1.82, 2.24) is 0 Å². The Balaban J connectivity index is 2.68. The topological polar surface area (TPSA) is 62.8 Å². The highest BCUT2D eigenvalue weighted by Gasteiger charge is 2.19. The maximum atomic E-state index is 11.6. The molecule has 0 fully saturated rings. The molecule has 0 atom stereocenters. The van der Waals surface area contributed by atoms with Crippen molar-refractivity contribution in [2.24, 2.45) is 5.16 Å². The Morgan fingerprint density at radius 3 is 2.88 bits per heavy atom. The van der Waals surface area contributed by atoms with Gasteiger partial charge in [-0.1, -0.05) is 5.16 Å². The van der Waals surface area contributed by atoms with E-state index in [9.17, 15) is 4.79 Å². The molecule has 0 saturated heterocycles. The number of hydrogen-bond acceptors (Lipinski definition) is 4. The molecule has 1 aromatic heterocycles. The van der Waals surface area contributed by atoms with Gasteiger partial charge in [0.1, 0.15) is 5.60 Å². The normalized spacial score (nSPS) is 11.7. The van der Waals surface area contributed by atoms with Crippen molar-refractivity contribution in [2.75, 3.05) is 0 Å². The molecule has 1 N–H and O–H groups in total. The van der Waals surface area contributed by atoms with E-state index in [1.54, 1.807) is 29.1 Å². The molecule has 0 unspecified atom stereocenters. The van der Waals surface area contributed by atoms with Crippen molar-refractivity contribution < 1.29 is 19.3 Å². The van der Waals surface area contributed by atoms with Gasteiger partial charge in [0.15, 0.2) is 12.4 Å². The molecule has 1 aromatic rings. The van der Waals surface area contributed by atoms with E-state index in [4.69, 9.17) is 9.94 Å². The third-order valence-corrected chi connectivity index (χ3v) is 1.82. The van der Waals surface area contributed by atoms with Crippen LogP contribution in [-0.4, -0.2) is 23.0 Å². The van der Waals surface area contributed by atoms with Crippen molar-refractivity contribution in [3.05, 3.63) is 30.1 Å². The fourth-order valence-corrected chi connectivity index (χ4v) is 1.31. The standard InChI is InChI=1S/C12H16N2O3/c1-12(2,3)17-11(15)9-14-6-4-5-10(8-14)7-13-16/h4-8H,9H2,1-3H3/p+1. The first-order valence-corrected chi connectivity index (χ1v) is 5.29. The predicted octanol–water partition coefficient (Wildman–Crippen LogP) is 1.12. The molecule has 1 heterocycles. The Morgan fingerprint density at radius 2 is 2.29 bits per heavy atom. The van der Waals surface area contributed by atoms with Crippen LogP contribution in [0.15, 0.2) is 29.7 Å². The molecule has 0 saturated carbocycles. The van der Waals surface area contributed by atoms with E-state index in [1.165, 1.54) is 6.21 Å². The van der Waals surface area contributed by atoms with Gasteiger partial charge in [-0.2, -0.15) is 4.57 Å². The second-order valence-corrected chi connectivity index (χ2v) is 4.64. The number of carbonyl (C=O) groups excluding carboxylic acids is 1. The first-order valence-electron chi connectivity index (χ1n) is 5.29. The molecule has 0 spiro atoms. The van der Waals surface area contributed by atoms with Crippen LogP contribution in [0.25, 0.3) is 0 Å². The smallest absolute Gasteiger partial charge is 0.373 e. The third-order valence-electron chi connectivity index (χ3n) is 1.82. The number of hydrogen-bond donors (Lipinski definition) is 1. The van der Waals surface area contributed by atoms with Crippen molar-refractivity contribution in [1.29, 1.82) is 0 Å². The van der Waals surface area contributed by atoms with Gasteiger partial charge in [0.2, 0.25) is 6.54 Å².